The molecule has 1 atom stereocenters. The van der Waals surface area contributed by atoms with Gasteiger partial charge in [0.1, 0.15) is 5.75 Å². The van der Waals surface area contributed by atoms with Crippen LogP contribution >= 0.6 is 0 Å². The van der Waals surface area contributed by atoms with Crippen molar-refractivity contribution < 1.29 is 9.53 Å². The van der Waals surface area contributed by atoms with Gasteiger partial charge in [0.05, 0.1) is 0 Å². The summed E-state index contributed by atoms with van der Waals surface area (Å²) in [6.07, 6.45) is -0.601. The molecule has 0 aliphatic carbocycles. The molecule has 4 nitrogen and oxygen atoms in total. The Hall–Kier alpha value is -2.49. The minimum atomic E-state index is -0.601. The van der Waals surface area contributed by atoms with Crippen LogP contribution < -0.4 is 15.8 Å². The highest BCUT2D eigenvalue weighted by atomic mass is 16.5. The van der Waals surface area contributed by atoms with Crippen LogP contribution in [0.1, 0.15) is 12.5 Å². The molecule has 0 saturated carbocycles. The van der Waals surface area contributed by atoms with Crippen LogP contribution in [-0.4, -0.2) is 12.0 Å². The molecule has 4 heteroatoms. The molecule has 3 N–H and O–H groups in total. The first-order valence-corrected chi connectivity index (χ1v) is 6.45. The summed E-state index contributed by atoms with van der Waals surface area (Å²) in [6, 6.07) is 14.6. The number of nitrogens with one attached hydrogen (secondary N) is 1. The summed E-state index contributed by atoms with van der Waals surface area (Å²) in [5, 5.41) is 2.85. The molecule has 0 aliphatic rings. The van der Waals surface area contributed by atoms with Crippen LogP contribution in [0.5, 0.6) is 5.75 Å². The van der Waals surface area contributed by atoms with E-state index in [0.717, 1.165) is 11.3 Å². The average Bonchev–Trinajstić information content (AvgIpc) is 2.41. The molecule has 2 aromatic rings. The van der Waals surface area contributed by atoms with Gasteiger partial charge >= 0.3 is 0 Å². The Labute approximate surface area is 118 Å². The molecule has 20 heavy (non-hydrogen) atoms. The third-order valence-electron chi connectivity index (χ3n) is 2.94. The fraction of sp³-hybridized carbons (Fsp3) is 0.188. The Morgan fingerprint density at radius 2 is 1.95 bits per heavy atom. The van der Waals surface area contributed by atoms with E-state index in [4.69, 9.17) is 10.5 Å². The van der Waals surface area contributed by atoms with Gasteiger partial charge in [0.15, 0.2) is 6.10 Å². The first-order chi connectivity index (χ1) is 9.56. The van der Waals surface area contributed by atoms with Crippen molar-refractivity contribution in [2.75, 3.05) is 11.1 Å². The van der Waals surface area contributed by atoms with Gasteiger partial charge in [0.25, 0.3) is 5.91 Å². The topological polar surface area (TPSA) is 64.3 Å². The van der Waals surface area contributed by atoms with Crippen molar-refractivity contribution in [2.45, 2.75) is 20.0 Å². The molecule has 0 aliphatic heterocycles. The Morgan fingerprint density at radius 1 is 1.20 bits per heavy atom. The van der Waals surface area contributed by atoms with Crippen LogP contribution in [0.25, 0.3) is 0 Å². The zero-order valence-corrected chi connectivity index (χ0v) is 11.6. The highest BCUT2D eigenvalue weighted by Crippen LogP contribution is 2.17. The summed E-state index contributed by atoms with van der Waals surface area (Å²) in [5.74, 6) is 0.388. The van der Waals surface area contributed by atoms with Gasteiger partial charge in [-0.1, -0.05) is 24.3 Å². The van der Waals surface area contributed by atoms with Gasteiger partial charge in [0, 0.05) is 17.4 Å². The number of hydrogen-bond donors (Lipinski definition) is 2. The monoisotopic (exact) mass is 270 g/mol. The SMILES string of the molecule is Cc1ccccc1NC(=O)C(C)Oc1cccc(N)c1. The lowest BCUT2D eigenvalue weighted by Crippen LogP contribution is -2.30. The molecule has 0 saturated heterocycles. The molecule has 0 aromatic heterocycles. The number of carbonyl (C=O) groups is 1. The van der Waals surface area contributed by atoms with Crippen molar-refractivity contribution in [3.05, 3.63) is 54.1 Å². The molecule has 2 rings (SSSR count). The largest absolute Gasteiger partial charge is 0.481 e. The van der Waals surface area contributed by atoms with E-state index in [9.17, 15) is 4.79 Å². The lowest BCUT2D eigenvalue weighted by Gasteiger charge is -2.15. The summed E-state index contributed by atoms with van der Waals surface area (Å²) in [4.78, 5) is 12.1. The average molecular weight is 270 g/mol. The standard InChI is InChI=1S/C16H18N2O2/c1-11-6-3-4-9-15(11)18-16(19)12(2)20-14-8-5-7-13(17)10-14/h3-10,12H,17H2,1-2H3,(H,18,19). The van der Waals surface area contributed by atoms with Crippen LogP contribution in [-0.2, 0) is 4.79 Å². The lowest BCUT2D eigenvalue weighted by atomic mass is 10.2. The predicted molar refractivity (Wildman–Crippen MR) is 80.8 cm³/mol. The number of benzene rings is 2. The van der Waals surface area contributed by atoms with E-state index in [0.29, 0.717) is 11.4 Å². The highest BCUT2D eigenvalue weighted by molar-refractivity contribution is 5.94. The second-order valence-corrected chi connectivity index (χ2v) is 4.64. The smallest absolute Gasteiger partial charge is 0.265 e. The minimum Gasteiger partial charge on any atom is -0.481 e. The Kier molecular flexibility index (Phi) is 4.25. The number of carbonyl (C=O) groups excluding carboxylic acids is 1. The van der Waals surface area contributed by atoms with E-state index in [1.807, 2.05) is 31.2 Å². The number of nitrogen functional groups attached to an aromatic ring is 1. The Morgan fingerprint density at radius 3 is 2.65 bits per heavy atom. The van der Waals surface area contributed by atoms with E-state index in [1.165, 1.54) is 0 Å². The first-order valence-electron chi connectivity index (χ1n) is 6.45. The maximum Gasteiger partial charge on any atom is 0.265 e. The molecule has 0 bridgehead atoms. The molecule has 1 unspecified atom stereocenters. The predicted octanol–water partition coefficient (Wildman–Crippen LogP) is 2.98. The highest BCUT2D eigenvalue weighted by Gasteiger charge is 2.15. The maximum atomic E-state index is 12.1. The normalized spacial score (nSPS) is 11.7. The number of rotatable bonds is 4. The third kappa shape index (κ3) is 3.51. The number of para-hydroxylation sites is 1. The molecule has 0 fully saturated rings. The zero-order valence-electron chi connectivity index (χ0n) is 11.6. The van der Waals surface area contributed by atoms with Crippen LogP contribution in [0.15, 0.2) is 48.5 Å². The number of hydrogen-bond acceptors (Lipinski definition) is 3. The molecular weight excluding hydrogens is 252 g/mol. The lowest BCUT2D eigenvalue weighted by molar-refractivity contribution is -0.122. The number of anilines is 2. The number of aryl methyl sites for hydroxylation is 1. The summed E-state index contributed by atoms with van der Waals surface area (Å²) >= 11 is 0. The summed E-state index contributed by atoms with van der Waals surface area (Å²) in [5.41, 5.74) is 8.08. The fourth-order valence-corrected chi connectivity index (χ4v) is 1.79. The van der Waals surface area contributed by atoms with E-state index in [1.54, 1.807) is 31.2 Å². The van der Waals surface area contributed by atoms with E-state index in [2.05, 4.69) is 5.32 Å². The molecule has 0 spiro atoms. The zero-order chi connectivity index (χ0) is 14.5. The summed E-state index contributed by atoms with van der Waals surface area (Å²) < 4.78 is 5.58. The number of amides is 1. The van der Waals surface area contributed by atoms with Gasteiger partial charge in [-0.3, -0.25) is 4.79 Å². The molecule has 0 radical (unpaired) electrons. The third-order valence-corrected chi connectivity index (χ3v) is 2.94. The van der Waals surface area contributed by atoms with Gasteiger partial charge in [-0.2, -0.15) is 0 Å². The van der Waals surface area contributed by atoms with Crippen molar-refractivity contribution in [1.82, 2.24) is 0 Å². The summed E-state index contributed by atoms with van der Waals surface area (Å²) in [7, 11) is 0. The molecule has 2 aromatic carbocycles. The van der Waals surface area contributed by atoms with Gasteiger partial charge in [-0.15, -0.1) is 0 Å². The van der Waals surface area contributed by atoms with Crippen LogP contribution in [0.4, 0.5) is 11.4 Å². The van der Waals surface area contributed by atoms with E-state index < -0.39 is 6.10 Å². The number of nitrogens with two attached hydrogens (primary N) is 1. The van der Waals surface area contributed by atoms with Gasteiger partial charge in [0.2, 0.25) is 0 Å². The van der Waals surface area contributed by atoms with Crippen LogP contribution in [0.3, 0.4) is 0 Å². The van der Waals surface area contributed by atoms with Crippen molar-refractivity contribution >= 4 is 17.3 Å². The Bertz CT molecular complexity index is 611. The number of ether oxygens (including phenoxy) is 1. The molecule has 1 amide bonds. The van der Waals surface area contributed by atoms with E-state index in [-0.39, 0.29) is 5.91 Å². The second kappa shape index (κ2) is 6.10. The van der Waals surface area contributed by atoms with Crippen molar-refractivity contribution in [2.24, 2.45) is 0 Å². The fourth-order valence-electron chi connectivity index (χ4n) is 1.79. The van der Waals surface area contributed by atoms with Crippen molar-refractivity contribution in [3.8, 4) is 5.75 Å². The van der Waals surface area contributed by atoms with Gasteiger partial charge < -0.3 is 15.8 Å². The van der Waals surface area contributed by atoms with Crippen LogP contribution in [0.2, 0.25) is 0 Å². The second-order valence-electron chi connectivity index (χ2n) is 4.64. The van der Waals surface area contributed by atoms with Crippen LogP contribution in [0, 0.1) is 6.92 Å². The summed E-state index contributed by atoms with van der Waals surface area (Å²) in [6.45, 7) is 3.65. The minimum absolute atomic E-state index is 0.193. The van der Waals surface area contributed by atoms with Crippen molar-refractivity contribution in [1.29, 1.82) is 0 Å². The first kappa shape index (κ1) is 13.9. The van der Waals surface area contributed by atoms with Crippen molar-refractivity contribution in [3.63, 3.8) is 0 Å². The molecular formula is C16H18N2O2. The van der Waals surface area contributed by atoms with Gasteiger partial charge in [-0.25, -0.2) is 0 Å². The van der Waals surface area contributed by atoms with Gasteiger partial charge in [-0.05, 0) is 37.6 Å². The maximum absolute atomic E-state index is 12.1. The molecule has 0 heterocycles. The Balaban J connectivity index is 2.01. The molecule has 104 valence electrons. The quantitative estimate of drug-likeness (QED) is 0.839. The van der Waals surface area contributed by atoms with E-state index >= 15 is 0 Å².